The summed E-state index contributed by atoms with van der Waals surface area (Å²) in [7, 11) is 1.95. The monoisotopic (exact) mass is 299 g/mol. The fraction of sp³-hybridized carbons (Fsp3) is 0.286. The normalized spacial score (nSPS) is 12.7. The average Bonchev–Trinajstić information content (AvgIpc) is 2.81. The average molecular weight is 300 g/mol. The zero-order valence-corrected chi connectivity index (χ0v) is 12.7. The molecule has 18 heavy (non-hydrogen) atoms. The Bertz CT molecular complexity index is 536. The van der Waals surface area contributed by atoms with E-state index in [-0.39, 0.29) is 6.04 Å². The lowest BCUT2D eigenvalue weighted by molar-refractivity contribution is 0.697. The Balaban J connectivity index is 2.45. The molecule has 0 bridgehead atoms. The van der Waals surface area contributed by atoms with E-state index in [4.69, 9.17) is 23.2 Å². The Hall–Kier alpha value is -0.540. The topological polar surface area (TPSA) is 12.0 Å². The molecule has 0 saturated heterocycles. The van der Waals surface area contributed by atoms with E-state index in [9.17, 15) is 0 Å². The van der Waals surface area contributed by atoms with Gasteiger partial charge in [0, 0.05) is 14.9 Å². The van der Waals surface area contributed by atoms with Crippen molar-refractivity contribution in [2.45, 2.75) is 19.4 Å². The summed E-state index contributed by atoms with van der Waals surface area (Å²) in [5.74, 6) is 0. The minimum atomic E-state index is 0.129. The lowest BCUT2D eigenvalue weighted by atomic mass is 10.0. The highest BCUT2D eigenvalue weighted by Crippen LogP contribution is 2.34. The molecule has 1 atom stereocenters. The van der Waals surface area contributed by atoms with Crippen LogP contribution < -0.4 is 5.32 Å². The fourth-order valence-corrected chi connectivity index (χ4v) is 3.70. The van der Waals surface area contributed by atoms with Crippen LogP contribution in [0.1, 0.15) is 29.0 Å². The third-order valence-corrected chi connectivity index (χ3v) is 4.57. The minimum absolute atomic E-state index is 0.129. The molecule has 0 spiro atoms. The maximum Gasteiger partial charge on any atom is 0.0685 e. The van der Waals surface area contributed by atoms with Crippen LogP contribution in [0.5, 0.6) is 0 Å². The lowest BCUT2D eigenvalue weighted by Gasteiger charge is -2.18. The molecule has 0 saturated carbocycles. The van der Waals surface area contributed by atoms with Crippen molar-refractivity contribution in [1.29, 1.82) is 0 Å². The van der Waals surface area contributed by atoms with Crippen LogP contribution in [-0.4, -0.2) is 7.05 Å². The quantitative estimate of drug-likeness (QED) is 0.844. The summed E-state index contributed by atoms with van der Waals surface area (Å²) >= 11 is 14.0. The van der Waals surface area contributed by atoms with Gasteiger partial charge in [-0.25, -0.2) is 0 Å². The number of benzene rings is 1. The molecule has 0 aliphatic heterocycles. The van der Waals surface area contributed by atoms with Crippen molar-refractivity contribution in [2.24, 2.45) is 0 Å². The summed E-state index contributed by atoms with van der Waals surface area (Å²) in [5.41, 5.74) is 2.44. The molecule has 1 N–H and O–H groups in total. The smallest absolute Gasteiger partial charge is 0.0685 e. The van der Waals surface area contributed by atoms with Crippen LogP contribution in [-0.2, 0) is 6.42 Å². The Morgan fingerprint density at radius 2 is 2.06 bits per heavy atom. The molecule has 0 aliphatic rings. The zero-order chi connectivity index (χ0) is 13.1. The molecule has 0 fully saturated rings. The number of thiophene rings is 1. The number of hydrogen-bond acceptors (Lipinski definition) is 2. The number of nitrogens with one attached hydrogen (secondary N) is 1. The maximum absolute atomic E-state index is 6.30. The highest BCUT2D eigenvalue weighted by Gasteiger charge is 2.19. The molecule has 1 unspecified atom stereocenters. The van der Waals surface area contributed by atoms with E-state index in [0.29, 0.717) is 10.0 Å². The van der Waals surface area contributed by atoms with E-state index < -0.39 is 0 Å². The van der Waals surface area contributed by atoms with Gasteiger partial charge >= 0.3 is 0 Å². The lowest BCUT2D eigenvalue weighted by Crippen LogP contribution is -2.18. The molecule has 2 rings (SSSR count). The number of halogens is 2. The summed E-state index contributed by atoms with van der Waals surface area (Å²) in [6, 6.07) is 7.97. The molecule has 0 amide bonds. The SMILES string of the molecule is CCc1ccsc1C(NC)c1ccc(Cl)cc1Cl. The second kappa shape index (κ2) is 6.07. The minimum Gasteiger partial charge on any atom is -0.309 e. The van der Waals surface area contributed by atoms with Gasteiger partial charge < -0.3 is 5.32 Å². The van der Waals surface area contributed by atoms with Gasteiger partial charge in [-0.1, -0.05) is 36.2 Å². The van der Waals surface area contributed by atoms with Crippen LogP contribution >= 0.6 is 34.5 Å². The standard InChI is InChI=1S/C14H15Cl2NS/c1-3-9-6-7-18-14(9)13(17-2)11-5-4-10(15)8-12(11)16/h4-8,13,17H,3H2,1-2H3. The van der Waals surface area contributed by atoms with Crippen molar-refractivity contribution < 1.29 is 0 Å². The molecule has 96 valence electrons. The predicted molar refractivity (Wildman–Crippen MR) is 81.1 cm³/mol. The molecule has 1 aromatic heterocycles. The Morgan fingerprint density at radius 1 is 1.28 bits per heavy atom. The van der Waals surface area contributed by atoms with Crippen molar-refractivity contribution in [3.05, 3.63) is 55.7 Å². The van der Waals surface area contributed by atoms with E-state index in [1.165, 1.54) is 10.4 Å². The maximum atomic E-state index is 6.30. The molecule has 1 nitrogen and oxygen atoms in total. The summed E-state index contributed by atoms with van der Waals surface area (Å²) in [6.45, 7) is 2.17. The third-order valence-electron chi connectivity index (χ3n) is 2.99. The molecule has 4 heteroatoms. The molecule has 0 radical (unpaired) electrons. The number of hydrogen-bond donors (Lipinski definition) is 1. The van der Waals surface area contributed by atoms with Crippen molar-refractivity contribution >= 4 is 34.5 Å². The Morgan fingerprint density at radius 3 is 2.67 bits per heavy atom. The van der Waals surface area contributed by atoms with Crippen molar-refractivity contribution in [2.75, 3.05) is 7.05 Å². The van der Waals surface area contributed by atoms with E-state index in [1.807, 2.05) is 19.2 Å². The van der Waals surface area contributed by atoms with Crippen LogP contribution in [0.2, 0.25) is 10.0 Å². The van der Waals surface area contributed by atoms with Crippen molar-refractivity contribution in [3.63, 3.8) is 0 Å². The molecular weight excluding hydrogens is 285 g/mol. The molecule has 1 aromatic carbocycles. The molecule has 2 aromatic rings. The van der Waals surface area contributed by atoms with Gasteiger partial charge in [0.1, 0.15) is 0 Å². The Kier molecular flexibility index (Phi) is 4.68. The van der Waals surface area contributed by atoms with Crippen LogP contribution in [0, 0.1) is 0 Å². The van der Waals surface area contributed by atoms with E-state index in [0.717, 1.165) is 12.0 Å². The summed E-state index contributed by atoms with van der Waals surface area (Å²) in [5, 5.41) is 6.84. The molecule has 0 aliphatic carbocycles. The van der Waals surface area contributed by atoms with Crippen LogP contribution in [0.3, 0.4) is 0 Å². The number of aryl methyl sites for hydroxylation is 1. The fourth-order valence-electron chi connectivity index (χ4n) is 2.06. The van der Waals surface area contributed by atoms with Crippen molar-refractivity contribution in [3.8, 4) is 0 Å². The van der Waals surface area contributed by atoms with Gasteiger partial charge in [0.15, 0.2) is 0 Å². The van der Waals surface area contributed by atoms with Gasteiger partial charge in [-0.05, 0) is 48.2 Å². The first-order chi connectivity index (χ1) is 8.67. The summed E-state index contributed by atoms with van der Waals surface area (Å²) in [6.07, 6.45) is 1.03. The number of rotatable bonds is 4. The second-order valence-corrected chi connectivity index (χ2v) is 5.84. The van der Waals surface area contributed by atoms with Gasteiger partial charge in [-0.15, -0.1) is 11.3 Å². The molecular formula is C14H15Cl2NS. The second-order valence-electron chi connectivity index (χ2n) is 4.05. The van der Waals surface area contributed by atoms with Gasteiger partial charge in [0.2, 0.25) is 0 Å². The summed E-state index contributed by atoms with van der Waals surface area (Å²) in [4.78, 5) is 1.32. The predicted octanol–water partition coefficient (Wildman–Crippen LogP) is 4.93. The van der Waals surface area contributed by atoms with Crippen molar-refractivity contribution in [1.82, 2.24) is 5.32 Å². The first-order valence-electron chi connectivity index (χ1n) is 5.85. The van der Waals surface area contributed by atoms with E-state index in [2.05, 4.69) is 23.7 Å². The van der Waals surface area contributed by atoms with E-state index in [1.54, 1.807) is 17.4 Å². The van der Waals surface area contributed by atoms with Gasteiger partial charge in [-0.2, -0.15) is 0 Å². The van der Waals surface area contributed by atoms with Crippen LogP contribution in [0.4, 0.5) is 0 Å². The highest BCUT2D eigenvalue weighted by atomic mass is 35.5. The van der Waals surface area contributed by atoms with Crippen LogP contribution in [0.25, 0.3) is 0 Å². The van der Waals surface area contributed by atoms with Crippen LogP contribution in [0.15, 0.2) is 29.6 Å². The highest BCUT2D eigenvalue weighted by molar-refractivity contribution is 7.10. The van der Waals surface area contributed by atoms with E-state index >= 15 is 0 Å². The zero-order valence-electron chi connectivity index (χ0n) is 10.3. The first kappa shape index (κ1) is 13.9. The first-order valence-corrected chi connectivity index (χ1v) is 7.49. The molecule has 1 heterocycles. The third kappa shape index (κ3) is 2.72. The Labute approximate surface area is 122 Å². The van der Waals surface area contributed by atoms with Gasteiger partial charge in [0.05, 0.1) is 6.04 Å². The largest absolute Gasteiger partial charge is 0.309 e. The van der Waals surface area contributed by atoms with Gasteiger partial charge in [-0.3, -0.25) is 0 Å². The summed E-state index contributed by atoms with van der Waals surface area (Å²) < 4.78 is 0. The van der Waals surface area contributed by atoms with Gasteiger partial charge in [0.25, 0.3) is 0 Å².